The normalized spacial score (nSPS) is 12.2. The lowest BCUT2D eigenvalue weighted by Crippen LogP contribution is -2.42. The lowest BCUT2D eigenvalue weighted by atomic mass is 10.2. The molecule has 0 aliphatic carbocycles. The molecule has 10 heteroatoms. The fourth-order valence-electron chi connectivity index (χ4n) is 2.76. The van der Waals surface area contributed by atoms with Gasteiger partial charge < -0.3 is 15.1 Å². The second kappa shape index (κ2) is 10.00. The number of carbonyl (C=O) groups is 2. The first-order valence-corrected chi connectivity index (χ1v) is 11.4. The molecular weight excluding hydrogens is 463 g/mol. The van der Waals surface area contributed by atoms with Gasteiger partial charge in [0.1, 0.15) is 11.0 Å². The number of sulfone groups is 1. The van der Waals surface area contributed by atoms with Gasteiger partial charge in [-0.15, -0.1) is 0 Å². The Balaban J connectivity index is 1.68. The minimum atomic E-state index is -3.93. The van der Waals surface area contributed by atoms with E-state index in [1.54, 1.807) is 30.3 Å². The third kappa shape index (κ3) is 5.88. The number of benzene rings is 2. The molecule has 0 saturated carbocycles. The maximum absolute atomic E-state index is 13.1. The summed E-state index contributed by atoms with van der Waals surface area (Å²) in [6, 6.07) is 15.4. The molecule has 0 saturated heterocycles. The molecule has 0 aliphatic rings. The average molecular weight is 481 g/mol. The molecule has 1 heterocycles. The fourth-order valence-corrected chi connectivity index (χ4v) is 4.60. The summed E-state index contributed by atoms with van der Waals surface area (Å²) in [5.74, 6) is -1.72. The van der Waals surface area contributed by atoms with Crippen molar-refractivity contribution >= 4 is 44.9 Å². The van der Waals surface area contributed by atoms with Crippen LogP contribution in [0.2, 0.25) is 10.0 Å². The van der Waals surface area contributed by atoms with Crippen LogP contribution in [-0.4, -0.2) is 26.8 Å². The molecule has 0 spiro atoms. The Kier molecular flexibility index (Phi) is 7.37. The number of carbonyl (C=O) groups excluding carboxylic acids is 2. The lowest BCUT2D eigenvalue weighted by Gasteiger charge is -2.16. The summed E-state index contributed by atoms with van der Waals surface area (Å²) in [6.45, 7) is -0.236. The number of furan rings is 1. The maximum atomic E-state index is 13.1. The first-order chi connectivity index (χ1) is 14.8. The summed E-state index contributed by atoms with van der Waals surface area (Å²) in [4.78, 5) is 24.3. The van der Waals surface area contributed by atoms with Gasteiger partial charge in [0.2, 0.25) is 0 Å². The molecule has 2 N–H and O–H groups in total. The zero-order chi connectivity index (χ0) is 22.4. The first-order valence-electron chi connectivity index (χ1n) is 9.10. The van der Waals surface area contributed by atoms with Crippen LogP contribution in [0.25, 0.3) is 0 Å². The Labute approximate surface area is 189 Å². The average Bonchev–Trinajstić information content (AvgIpc) is 3.27. The van der Waals surface area contributed by atoms with Crippen LogP contribution in [0.1, 0.15) is 16.6 Å². The van der Waals surface area contributed by atoms with E-state index in [4.69, 9.17) is 27.6 Å². The molecule has 1 aromatic heterocycles. The summed E-state index contributed by atoms with van der Waals surface area (Å²) in [5.41, 5.74) is 0.754. The largest absolute Gasteiger partial charge is 0.468 e. The number of nitrogens with one attached hydrogen (secondary N) is 2. The molecule has 0 fully saturated rings. The van der Waals surface area contributed by atoms with E-state index >= 15 is 0 Å². The maximum Gasteiger partial charge on any atom is 0.309 e. The van der Waals surface area contributed by atoms with Crippen LogP contribution < -0.4 is 10.6 Å². The molecule has 1 atom stereocenters. The molecule has 0 unspecified atom stereocenters. The molecule has 0 bridgehead atoms. The van der Waals surface area contributed by atoms with Crippen molar-refractivity contribution in [2.45, 2.75) is 16.7 Å². The van der Waals surface area contributed by atoms with E-state index in [-0.39, 0.29) is 23.7 Å². The molecule has 162 valence electrons. The van der Waals surface area contributed by atoms with Crippen molar-refractivity contribution < 1.29 is 22.4 Å². The monoisotopic (exact) mass is 480 g/mol. The van der Waals surface area contributed by atoms with Gasteiger partial charge in [0, 0.05) is 23.1 Å². The van der Waals surface area contributed by atoms with E-state index in [0.29, 0.717) is 10.0 Å². The van der Waals surface area contributed by atoms with Crippen molar-refractivity contribution in [1.29, 1.82) is 0 Å². The summed E-state index contributed by atoms with van der Waals surface area (Å²) < 4.78 is 31.5. The van der Waals surface area contributed by atoms with Crippen LogP contribution in [0.3, 0.4) is 0 Å². The highest BCUT2D eigenvalue weighted by Crippen LogP contribution is 2.29. The predicted octanol–water partition coefficient (Wildman–Crippen LogP) is 3.53. The van der Waals surface area contributed by atoms with Crippen LogP contribution >= 0.6 is 23.2 Å². The molecule has 0 radical (unpaired) electrons. The van der Waals surface area contributed by atoms with E-state index in [9.17, 15) is 18.0 Å². The molecule has 3 rings (SSSR count). The molecule has 3 aromatic rings. The van der Waals surface area contributed by atoms with Crippen molar-refractivity contribution in [3.8, 4) is 0 Å². The Morgan fingerprint density at radius 3 is 2.03 bits per heavy atom. The van der Waals surface area contributed by atoms with E-state index in [1.807, 2.05) is 0 Å². The van der Waals surface area contributed by atoms with Gasteiger partial charge in [-0.05, 0) is 54.1 Å². The highest BCUT2D eigenvalue weighted by atomic mass is 35.5. The van der Waals surface area contributed by atoms with Gasteiger partial charge in [0.25, 0.3) is 0 Å². The fraction of sp³-hybridized carbons (Fsp3) is 0.143. The Hall–Kier alpha value is -2.81. The third-order valence-electron chi connectivity index (χ3n) is 4.40. The third-order valence-corrected chi connectivity index (χ3v) is 6.98. The topological polar surface area (TPSA) is 105 Å². The van der Waals surface area contributed by atoms with Gasteiger partial charge in [0.15, 0.2) is 9.84 Å². The Morgan fingerprint density at radius 2 is 1.45 bits per heavy atom. The van der Waals surface area contributed by atoms with E-state index in [0.717, 1.165) is 5.56 Å². The quantitative estimate of drug-likeness (QED) is 0.503. The molecule has 7 nitrogen and oxygen atoms in total. The molecular formula is C21H18Cl2N2O5S. The molecule has 2 amide bonds. The first kappa shape index (κ1) is 22.9. The van der Waals surface area contributed by atoms with E-state index in [1.165, 1.54) is 36.6 Å². The summed E-state index contributed by atoms with van der Waals surface area (Å²) in [5, 5.41) is 4.56. The second-order valence-electron chi connectivity index (χ2n) is 6.52. The van der Waals surface area contributed by atoms with Crippen LogP contribution in [0.15, 0.2) is 76.2 Å². The second-order valence-corrected chi connectivity index (χ2v) is 9.53. The standard InChI is InChI=1S/C21H18Cl2N2O5S/c22-15-5-3-14(4-6-15)12-24-20(26)21(27)25-13-19(18-2-1-11-30-18)31(28,29)17-9-7-16(23)8-10-17/h1-11,19H,12-13H2,(H,24,26)(H,25,27)/t19-/m0/s1. The zero-order valence-corrected chi connectivity index (χ0v) is 18.4. The van der Waals surface area contributed by atoms with Crippen molar-refractivity contribution in [3.63, 3.8) is 0 Å². The smallest absolute Gasteiger partial charge is 0.309 e. The minimum Gasteiger partial charge on any atom is -0.468 e. The minimum absolute atomic E-state index is 0.0136. The number of amides is 2. The molecule has 2 aromatic carbocycles. The van der Waals surface area contributed by atoms with Gasteiger partial charge in [-0.3, -0.25) is 9.59 Å². The summed E-state index contributed by atoms with van der Waals surface area (Å²) >= 11 is 11.7. The Bertz CT molecular complexity index is 1150. The van der Waals surface area contributed by atoms with Gasteiger partial charge in [-0.25, -0.2) is 8.42 Å². The summed E-state index contributed by atoms with van der Waals surface area (Å²) in [6.07, 6.45) is 1.33. The van der Waals surface area contributed by atoms with Gasteiger partial charge in [0.05, 0.1) is 11.2 Å². The van der Waals surface area contributed by atoms with E-state index < -0.39 is 26.9 Å². The van der Waals surface area contributed by atoms with Crippen LogP contribution in [0.5, 0.6) is 0 Å². The van der Waals surface area contributed by atoms with Crippen molar-refractivity contribution in [2.75, 3.05) is 6.54 Å². The van der Waals surface area contributed by atoms with Crippen LogP contribution in [0.4, 0.5) is 0 Å². The van der Waals surface area contributed by atoms with Crippen molar-refractivity contribution in [2.24, 2.45) is 0 Å². The molecule has 31 heavy (non-hydrogen) atoms. The van der Waals surface area contributed by atoms with Gasteiger partial charge >= 0.3 is 11.8 Å². The van der Waals surface area contributed by atoms with E-state index in [2.05, 4.69) is 10.6 Å². The van der Waals surface area contributed by atoms with Crippen LogP contribution in [-0.2, 0) is 26.0 Å². The summed E-state index contributed by atoms with van der Waals surface area (Å²) in [7, 11) is -3.93. The van der Waals surface area contributed by atoms with Gasteiger partial charge in [-0.1, -0.05) is 35.3 Å². The zero-order valence-electron chi connectivity index (χ0n) is 16.0. The highest BCUT2D eigenvalue weighted by molar-refractivity contribution is 7.91. The van der Waals surface area contributed by atoms with Crippen molar-refractivity contribution in [1.82, 2.24) is 10.6 Å². The number of rotatable bonds is 7. The molecule has 0 aliphatic heterocycles. The number of hydrogen-bond acceptors (Lipinski definition) is 5. The SMILES string of the molecule is O=C(NCc1ccc(Cl)cc1)C(=O)NC[C@@H](c1ccco1)S(=O)(=O)c1ccc(Cl)cc1. The Morgan fingerprint density at radius 1 is 0.871 bits per heavy atom. The number of halogens is 2. The van der Waals surface area contributed by atoms with Gasteiger partial charge in [-0.2, -0.15) is 0 Å². The lowest BCUT2D eigenvalue weighted by molar-refractivity contribution is -0.139. The van der Waals surface area contributed by atoms with Crippen LogP contribution in [0, 0.1) is 0 Å². The van der Waals surface area contributed by atoms with Crippen molar-refractivity contribution in [3.05, 3.63) is 88.3 Å². The predicted molar refractivity (Wildman–Crippen MR) is 116 cm³/mol. The highest BCUT2D eigenvalue weighted by Gasteiger charge is 2.32. The number of hydrogen-bond donors (Lipinski definition) is 2.